The van der Waals surface area contributed by atoms with Crippen LogP contribution < -0.4 is 14.8 Å². The van der Waals surface area contributed by atoms with Crippen molar-refractivity contribution < 1.29 is 14.3 Å². The molecular weight excluding hydrogens is 413 g/mol. The smallest absolute Gasteiger partial charge is 0.254 e. The molecule has 1 aromatic heterocycles. The maximum absolute atomic E-state index is 12.6. The molecule has 150 valence electrons. The lowest BCUT2D eigenvalue weighted by atomic mass is 10.1. The molecule has 0 aliphatic carbocycles. The third-order valence-corrected chi connectivity index (χ3v) is 5.18. The second-order valence-electron chi connectivity index (χ2n) is 6.64. The summed E-state index contributed by atoms with van der Waals surface area (Å²) in [4.78, 5) is 12.6. The van der Waals surface area contributed by atoms with E-state index in [0.29, 0.717) is 53.3 Å². The highest BCUT2D eigenvalue weighted by atomic mass is 35.5. The zero-order chi connectivity index (χ0) is 20.4. The van der Waals surface area contributed by atoms with Gasteiger partial charge in [0.25, 0.3) is 5.91 Å². The van der Waals surface area contributed by atoms with E-state index in [0.717, 1.165) is 16.9 Å². The number of benzene rings is 2. The summed E-state index contributed by atoms with van der Waals surface area (Å²) in [5, 5.41) is 8.38. The number of ether oxygens (including phenoxy) is 2. The first-order valence-electron chi connectivity index (χ1n) is 9.19. The number of fused-ring (bicyclic) bond motifs is 1. The second kappa shape index (κ2) is 8.35. The number of carbonyl (C=O) groups is 1. The van der Waals surface area contributed by atoms with Gasteiger partial charge in [-0.3, -0.25) is 4.79 Å². The highest BCUT2D eigenvalue weighted by Gasteiger charge is 2.18. The van der Waals surface area contributed by atoms with E-state index in [9.17, 15) is 4.79 Å². The molecule has 0 unspecified atom stereocenters. The molecule has 0 bridgehead atoms. The average Bonchev–Trinajstić information content (AvgIpc) is 3.09. The van der Waals surface area contributed by atoms with Crippen LogP contribution in [0.3, 0.4) is 0 Å². The van der Waals surface area contributed by atoms with Crippen LogP contribution in [0.4, 0.5) is 0 Å². The van der Waals surface area contributed by atoms with Crippen LogP contribution in [0.25, 0.3) is 5.69 Å². The molecule has 1 aliphatic heterocycles. The van der Waals surface area contributed by atoms with Gasteiger partial charge in [-0.15, -0.1) is 0 Å². The van der Waals surface area contributed by atoms with E-state index >= 15 is 0 Å². The Labute approximate surface area is 178 Å². The maximum atomic E-state index is 12.6. The minimum absolute atomic E-state index is 0.181. The van der Waals surface area contributed by atoms with Crippen molar-refractivity contribution >= 4 is 29.1 Å². The van der Waals surface area contributed by atoms with Crippen LogP contribution in [-0.4, -0.2) is 35.4 Å². The van der Waals surface area contributed by atoms with Crippen LogP contribution in [0.1, 0.15) is 21.6 Å². The molecule has 29 heavy (non-hydrogen) atoms. The predicted octanol–water partition coefficient (Wildman–Crippen LogP) is 4.23. The Morgan fingerprint density at radius 2 is 2.03 bits per heavy atom. The molecule has 0 atom stereocenters. The monoisotopic (exact) mass is 431 g/mol. The molecule has 0 radical (unpaired) electrons. The quantitative estimate of drug-likeness (QED) is 0.656. The van der Waals surface area contributed by atoms with E-state index in [1.165, 1.54) is 0 Å². The number of hydrogen-bond acceptors (Lipinski definition) is 4. The largest absolute Gasteiger partial charge is 0.486 e. The molecule has 0 saturated carbocycles. The SMILES string of the molecule is Cc1c(C(=O)NCCc2cc(Cl)c3c(c2)OCCO3)cnn1-c1cccc(Cl)c1. The first-order valence-corrected chi connectivity index (χ1v) is 9.95. The fourth-order valence-electron chi connectivity index (χ4n) is 3.22. The summed E-state index contributed by atoms with van der Waals surface area (Å²) in [6.45, 7) is 3.30. The van der Waals surface area contributed by atoms with Crippen molar-refractivity contribution in [1.29, 1.82) is 0 Å². The summed E-state index contributed by atoms with van der Waals surface area (Å²) in [5.74, 6) is 1.04. The molecule has 4 rings (SSSR count). The summed E-state index contributed by atoms with van der Waals surface area (Å²) in [7, 11) is 0. The molecule has 0 fully saturated rings. The molecule has 2 heterocycles. The Balaban J connectivity index is 1.41. The molecule has 1 amide bonds. The molecule has 6 nitrogen and oxygen atoms in total. The van der Waals surface area contributed by atoms with Gasteiger partial charge in [0.2, 0.25) is 0 Å². The fourth-order valence-corrected chi connectivity index (χ4v) is 3.70. The normalized spacial score (nSPS) is 12.7. The molecule has 0 spiro atoms. The van der Waals surface area contributed by atoms with Crippen LogP contribution >= 0.6 is 23.2 Å². The van der Waals surface area contributed by atoms with Gasteiger partial charge >= 0.3 is 0 Å². The van der Waals surface area contributed by atoms with Gasteiger partial charge in [0.1, 0.15) is 13.2 Å². The summed E-state index contributed by atoms with van der Waals surface area (Å²) in [6.07, 6.45) is 2.18. The summed E-state index contributed by atoms with van der Waals surface area (Å²) < 4.78 is 12.8. The average molecular weight is 432 g/mol. The van der Waals surface area contributed by atoms with E-state index in [1.807, 2.05) is 31.2 Å². The van der Waals surface area contributed by atoms with Crippen LogP contribution in [0, 0.1) is 6.92 Å². The summed E-state index contributed by atoms with van der Waals surface area (Å²) in [6, 6.07) is 11.1. The third kappa shape index (κ3) is 4.18. The second-order valence-corrected chi connectivity index (χ2v) is 7.49. The molecule has 0 saturated heterocycles. The number of nitrogens with zero attached hydrogens (tertiary/aromatic N) is 2. The number of amides is 1. The predicted molar refractivity (Wildman–Crippen MR) is 112 cm³/mol. The van der Waals surface area contributed by atoms with Gasteiger partial charge in [0, 0.05) is 11.6 Å². The lowest BCUT2D eigenvalue weighted by Gasteiger charge is -2.20. The first kappa shape index (κ1) is 19.6. The van der Waals surface area contributed by atoms with E-state index in [4.69, 9.17) is 32.7 Å². The topological polar surface area (TPSA) is 65.4 Å². The van der Waals surface area contributed by atoms with Gasteiger partial charge in [-0.25, -0.2) is 4.68 Å². The third-order valence-electron chi connectivity index (χ3n) is 4.66. The van der Waals surface area contributed by atoms with Gasteiger partial charge in [0.15, 0.2) is 11.5 Å². The van der Waals surface area contributed by atoms with Gasteiger partial charge in [0.05, 0.1) is 28.2 Å². The molecule has 8 heteroatoms. The van der Waals surface area contributed by atoms with Crippen LogP contribution in [-0.2, 0) is 6.42 Å². The van der Waals surface area contributed by atoms with Gasteiger partial charge in [-0.1, -0.05) is 29.3 Å². The Kier molecular flexibility index (Phi) is 5.65. The summed E-state index contributed by atoms with van der Waals surface area (Å²) >= 11 is 12.3. The molecule has 1 N–H and O–H groups in total. The standard InChI is InChI=1S/C21H19Cl2N3O3/c1-13-17(12-25-26(13)16-4-2-3-15(22)11-16)21(27)24-6-5-14-9-18(23)20-19(10-14)28-7-8-29-20/h2-4,9-12H,5-8H2,1H3,(H,24,27). The first-order chi connectivity index (χ1) is 14.0. The minimum atomic E-state index is -0.181. The van der Waals surface area contributed by atoms with Gasteiger partial charge in [-0.2, -0.15) is 5.10 Å². The number of carbonyl (C=O) groups excluding carboxylic acids is 1. The fraction of sp³-hybridized carbons (Fsp3) is 0.238. The van der Waals surface area contributed by atoms with Crippen molar-refractivity contribution in [3.63, 3.8) is 0 Å². The lowest BCUT2D eigenvalue weighted by Crippen LogP contribution is -2.26. The van der Waals surface area contributed by atoms with E-state index in [-0.39, 0.29) is 5.91 Å². The Hall–Kier alpha value is -2.70. The zero-order valence-electron chi connectivity index (χ0n) is 15.7. The number of halogens is 2. The van der Waals surface area contributed by atoms with E-state index < -0.39 is 0 Å². The highest BCUT2D eigenvalue weighted by Crippen LogP contribution is 2.38. The number of hydrogen-bond donors (Lipinski definition) is 1. The Morgan fingerprint density at radius 3 is 2.86 bits per heavy atom. The van der Waals surface area contributed by atoms with Crippen molar-refractivity contribution in [2.75, 3.05) is 19.8 Å². The van der Waals surface area contributed by atoms with Crippen LogP contribution in [0.5, 0.6) is 11.5 Å². The number of rotatable bonds is 5. The van der Waals surface area contributed by atoms with Crippen molar-refractivity contribution in [2.45, 2.75) is 13.3 Å². The van der Waals surface area contributed by atoms with Crippen LogP contribution in [0.15, 0.2) is 42.6 Å². The van der Waals surface area contributed by atoms with E-state index in [2.05, 4.69) is 10.4 Å². The van der Waals surface area contributed by atoms with Crippen molar-refractivity contribution in [1.82, 2.24) is 15.1 Å². The van der Waals surface area contributed by atoms with Crippen molar-refractivity contribution in [3.8, 4) is 17.2 Å². The minimum Gasteiger partial charge on any atom is -0.486 e. The van der Waals surface area contributed by atoms with E-state index in [1.54, 1.807) is 23.0 Å². The Morgan fingerprint density at radius 1 is 1.21 bits per heavy atom. The molecule has 3 aromatic rings. The Bertz CT molecular complexity index is 1070. The molecular formula is C21H19Cl2N3O3. The van der Waals surface area contributed by atoms with Gasteiger partial charge in [-0.05, 0) is 49.2 Å². The molecule has 1 aliphatic rings. The van der Waals surface area contributed by atoms with Crippen LogP contribution in [0.2, 0.25) is 10.0 Å². The molecule has 2 aromatic carbocycles. The number of nitrogens with one attached hydrogen (secondary N) is 1. The highest BCUT2D eigenvalue weighted by molar-refractivity contribution is 6.32. The summed E-state index contributed by atoms with van der Waals surface area (Å²) in [5.41, 5.74) is 3.03. The van der Waals surface area contributed by atoms with Crippen molar-refractivity contribution in [3.05, 3.63) is 69.5 Å². The lowest BCUT2D eigenvalue weighted by molar-refractivity contribution is 0.0953. The van der Waals surface area contributed by atoms with Gasteiger partial charge < -0.3 is 14.8 Å². The maximum Gasteiger partial charge on any atom is 0.254 e. The van der Waals surface area contributed by atoms with Crippen molar-refractivity contribution in [2.24, 2.45) is 0 Å². The number of aromatic nitrogens is 2. The zero-order valence-corrected chi connectivity index (χ0v) is 17.3.